The van der Waals surface area contributed by atoms with Crippen LogP contribution in [0.2, 0.25) is 0 Å². The van der Waals surface area contributed by atoms with Gasteiger partial charge in [0, 0.05) is 18.9 Å². The molecule has 3 N–H and O–H groups in total. The largest absolute Gasteiger partial charge is 0.490 e. The minimum Gasteiger partial charge on any atom is -0.490 e. The van der Waals surface area contributed by atoms with E-state index < -0.39 is 5.97 Å². The first-order valence-electron chi connectivity index (χ1n) is 6.51. The molecule has 19 heavy (non-hydrogen) atoms. The maximum Gasteiger partial charge on any atom is 0.303 e. The van der Waals surface area contributed by atoms with Gasteiger partial charge in [-0.05, 0) is 30.5 Å². The van der Waals surface area contributed by atoms with Gasteiger partial charge in [0.05, 0.1) is 13.2 Å². The fourth-order valence-electron chi connectivity index (χ4n) is 2.05. The highest BCUT2D eigenvalue weighted by atomic mass is 16.5. The summed E-state index contributed by atoms with van der Waals surface area (Å²) in [5, 5.41) is 8.63. The Labute approximate surface area is 112 Å². The first-order valence-corrected chi connectivity index (χ1v) is 6.51. The predicted molar refractivity (Wildman–Crippen MR) is 70.6 cm³/mol. The number of carbonyl (C=O) groups is 1. The number of ether oxygens (including phenoxy) is 2. The third kappa shape index (κ3) is 4.13. The van der Waals surface area contributed by atoms with E-state index in [1.807, 2.05) is 18.2 Å². The molecule has 0 aromatic heterocycles. The summed E-state index contributed by atoms with van der Waals surface area (Å²) < 4.78 is 11.2. The van der Waals surface area contributed by atoms with E-state index in [0.717, 1.165) is 23.5 Å². The molecule has 5 nitrogen and oxygen atoms in total. The van der Waals surface area contributed by atoms with Gasteiger partial charge in [-0.25, -0.2) is 0 Å². The second-order valence-electron chi connectivity index (χ2n) is 4.73. The monoisotopic (exact) mass is 265 g/mol. The van der Waals surface area contributed by atoms with Crippen LogP contribution in [-0.4, -0.2) is 30.3 Å². The van der Waals surface area contributed by atoms with Crippen LogP contribution in [0.4, 0.5) is 0 Å². The Bertz CT molecular complexity index is 447. The Kier molecular flexibility index (Phi) is 4.63. The summed E-state index contributed by atoms with van der Waals surface area (Å²) in [6.07, 6.45) is 2.10. The molecule has 1 aliphatic rings. The molecule has 0 saturated heterocycles. The summed E-state index contributed by atoms with van der Waals surface area (Å²) in [6.45, 7) is 1.33. The molecule has 5 heteroatoms. The minimum atomic E-state index is -0.811. The molecular formula is C14H19NO4. The lowest BCUT2D eigenvalue weighted by Gasteiger charge is -2.13. The number of aliphatic carboxylic acids is 1. The summed E-state index contributed by atoms with van der Waals surface area (Å²) in [6, 6.07) is 5.62. The van der Waals surface area contributed by atoms with Crippen molar-refractivity contribution < 1.29 is 19.4 Å². The van der Waals surface area contributed by atoms with E-state index in [0.29, 0.717) is 26.1 Å². The van der Waals surface area contributed by atoms with Crippen LogP contribution < -0.4 is 15.2 Å². The number of hydrogen-bond donors (Lipinski definition) is 2. The zero-order valence-electron chi connectivity index (χ0n) is 10.8. The molecule has 1 atom stereocenters. The Morgan fingerprint density at radius 3 is 2.79 bits per heavy atom. The molecule has 0 amide bonds. The number of benzene rings is 1. The van der Waals surface area contributed by atoms with Crippen molar-refractivity contribution in [2.75, 3.05) is 13.2 Å². The minimum absolute atomic E-state index is 0.103. The molecule has 0 bridgehead atoms. The van der Waals surface area contributed by atoms with Crippen LogP contribution in [-0.2, 0) is 11.2 Å². The van der Waals surface area contributed by atoms with Crippen LogP contribution in [0, 0.1) is 0 Å². The van der Waals surface area contributed by atoms with Gasteiger partial charge in [-0.1, -0.05) is 6.07 Å². The summed E-state index contributed by atoms with van der Waals surface area (Å²) in [5.74, 6) is 0.704. The number of fused-ring (bicyclic) bond motifs is 1. The van der Waals surface area contributed by atoms with Crippen molar-refractivity contribution in [2.45, 2.75) is 31.7 Å². The number of carboxylic acids is 1. The smallest absolute Gasteiger partial charge is 0.303 e. The molecule has 1 aliphatic heterocycles. The highest BCUT2D eigenvalue weighted by Crippen LogP contribution is 2.30. The van der Waals surface area contributed by atoms with Crippen LogP contribution in [0.15, 0.2) is 18.2 Å². The second kappa shape index (κ2) is 6.43. The van der Waals surface area contributed by atoms with Gasteiger partial charge >= 0.3 is 5.97 Å². The number of rotatable bonds is 5. The van der Waals surface area contributed by atoms with E-state index in [1.54, 1.807) is 0 Å². The maximum absolute atomic E-state index is 10.5. The fourth-order valence-corrected chi connectivity index (χ4v) is 2.05. The molecule has 1 heterocycles. The maximum atomic E-state index is 10.5. The Balaban J connectivity index is 1.97. The molecule has 0 fully saturated rings. The molecule has 0 spiro atoms. The average Bonchev–Trinajstić information content (AvgIpc) is 2.61. The molecule has 0 radical (unpaired) electrons. The van der Waals surface area contributed by atoms with Gasteiger partial charge in [0.25, 0.3) is 0 Å². The Morgan fingerprint density at radius 1 is 1.32 bits per heavy atom. The molecule has 0 saturated carbocycles. The highest BCUT2D eigenvalue weighted by molar-refractivity contribution is 5.66. The van der Waals surface area contributed by atoms with Crippen molar-refractivity contribution in [3.05, 3.63) is 23.8 Å². The van der Waals surface area contributed by atoms with E-state index >= 15 is 0 Å². The van der Waals surface area contributed by atoms with Crippen molar-refractivity contribution in [3.63, 3.8) is 0 Å². The van der Waals surface area contributed by atoms with Gasteiger partial charge in [-0.15, -0.1) is 0 Å². The van der Waals surface area contributed by atoms with Crippen LogP contribution in [0.5, 0.6) is 11.5 Å². The molecule has 2 rings (SSSR count). The lowest BCUT2D eigenvalue weighted by atomic mass is 10.0. The highest BCUT2D eigenvalue weighted by Gasteiger charge is 2.12. The van der Waals surface area contributed by atoms with Crippen LogP contribution >= 0.6 is 0 Å². The van der Waals surface area contributed by atoms with E-state index in [1.165, 1.54) is 0 Å². The van der Waals surface area contributed by atoms with Crippen molar-refractivity contribution in [1.29, 1.82) is 0 Å². The van der Waals surface area contributed by atoms with Crippen LogP contribution in [0.3, 0.4) is 0 Å². The van der Waals surface area contributed by atoms with Gasteiger partial charge in [-0.2, -0.15) is 0 Å². The molecule has 1 unspecified atom stereocenters. The summed E-state index contributed by atoms with van der Waals surface area (Å²) >= 11 is 0. The van der Waals surface area contributed by atoms with E-state index in [9.17, 15) is 4.79 Å². The molecular weight excluding hydrogens is 246 g/mol. The van der Waals surface area contributed by atoms with Crippen molar-refractivity contribution in [1.82, 2.24) is 0 Å². The van der Waals surface area contributed by atoms with Gasteiger partial charge in [0.2, 0.25) is 0 Å². The normalized spacial score (nSPS) is 15.6. The number of hydrogen-bond acceptors (Lipinski definition) is 4. The second-order valence-corrected chi connectivity index (χ2v) is 4.73. The topological polar surface area (TPSA) is 81.8 Å². The SMILES string of the molecule is NC(CCC(=O)O)Cc1ccc2c(c1)OCCCO2. The van der Waals surface area contributed by atoms with Crippen LogP contribution in [0.1, 0.15) is 24.8 Å². The predicted octanol–water partition coefficient (Wildman–Crippen LogP) is 1.58. The summed E-state index contributed by atoms with van der Waals surface area (Å²) in [7, 11) is 0. The summed E-state index contributed by atoms with van der Waals surface area (Å²) in [4.78, 5) is 10.5. The molecule has 104 valence electrons. The van der Waals surface area contributed by atoms with Crippen molar-refractivity contribution in [2.24, 2.45) is 5.73 Å². The van der Waals surface area contributed by atoms with Crippen LogP contribution in [0.25, 0.3) is 0 Å². The van der Waals surface area contributed by atoms with Crippen molar-refractivity contribution >= 4 is 5.97 Å². The van der Waals surface area contributed by atoms with Crippen molar-refractivity contribution in [3.8, 4) is 11.5 Å². The Hall–Kier alpha value is -1.75. The lowest BCUT2D eigenvalue weighted by Crippen LogP contribution is -2.23. The zero-order chi connectivity index (χ0) is 13.7. The fraction of sp³-hybridized carbons (Fsp3) is 0.500. The van der Waals surface area contributed by atoms with Gasteiger partial charge < -0.3 is 20.3 Å². The third-order valence-electron chi connectivity index (χ3n) is 3.04. The quantitative estimate of drug-likeness (QED) is 0.844. The van der Waals surface area contributed by atoms with Gasteiger partial charge in [0.15, 0.2) is 11.5 Å². The van der Waals surface area contributed by atoms with E-state index in [2.05, 4.69) is 0 Å². The zero-order valence-corrected chi connectivity index (χ0v) is 10.8. The Morgan fingerprint density at radius 2 is 2.05 bits per heavy atom. The summed E-state index contributed by atoms with van der Waals surface area (Å²) in [5.41, 5.74) is 6.97. The average molecular weight is 265 g/mol. The molecule has 0 aliphatic carbocycles. The third-order valence-corrected chi connectivity index (χ3v) is 3.04. The number of nitrogens with two attached hydrogens (primary N) is 1. The van der Waals surface area contributed by atoms with Gasteiger partial charge in [0.1, 0.15) is 0 Å². The molecule has 1 aromatic rings. The standard InChI is InChI=1S/C14H19NO4/c15-11(3-5-14(16)17)8-10-2-4-12-13(9-10)19-7-1-6-18-12/h2,4,9,11H,1,3,5-8,15H2,(H,16,17). The van der Waals surface area contributed by atoms with E-state index in [-0.39, 0.29) is 12.5 Å². The number of carboxylic acid groups (broad SMARTS) is 1. The lowest BCUT2D eigenvalue weighted by molar-refractivity contribution is -0.137. The first kappa shape index (κ1) is 13.7. The van der Waals surface area contributed by atoms with E-state index in [4.69, 9.17) is 20.3 Å². The van der Waals surface area contributed by atoms with Gasteiger partial charge in [-0.3, -0.25) is 4.79 Å². The first-order chi connectivity index (χ1) is 9.15. The molecule has 1 aromatic carbocycles.